The van der Waals surface area contributed by atoms with Crippen LogP contribution in [0, 0.1) is 5.92 Å². The number of hydrogen-bond acceptors (Lipinski definition) is 5. The van der Waals surface area contributed by atoms with Gasteiger partial charge in [0, 0.05) is 6.61 Å². The standard InChI is InChI=1S/C7H13N5O/c8-7-9-10-11-12(7)3-4-13-5-6-1-2-6/h6H,1-5H2,(H2,8,9,11). The van der Waals surface area contributed by atoms with Crippen LogP contribution >= 0.6 is 0 Å². The number of nitrogens with zero attached hydrogens (tertiary/aromatic N) is 4. The Morgan fingerprint density at radius 3 is 3.00 bits per heavy atom. The van der Waals surface area contributed by atoms with Crippen LogP contribution in [0.2, 0.25) is 0 Å². The Labute approximate surface area is 76.1 Å². The van der Waals surface area contributed by atoms with Crippen LogP contribution in [-0.2, 0) is 11.3 Å². The summed E-state index contributed by atoms with van der Waals surface area (Å²) in [6.45, 7) is 2.12. The number of rotatable bonds is 5. The van der Waals surface area contributed by atoms with Crippen LogP contribution < -0.4 is 5.73 Å². The van der Waals surface area contributed by atoms with Crippen LogP contribution in [0.3, 0.4) is 0 Å². The molecule has 0 unspecified atom stereocenters. The van der Waals surface area contributed by atoms with Gasteiger partial charge in [-0.15, -0.1) is 0 Å². The van der Waals surface area contributed by atoms with Crippen molar-refractivity contribution in [3.63, 3.8) is 0 Å². The van der Waals surface area contributed by atoms with Gasteiger partial charge < -0.3 is 10.5 Å². The number of nitrogen functional groups attached to an aromatic ring is 1. The first-order valence-corrected chi connectivity index (χ1v) is 4.45. The molecule has 1 aliphatic carbocycles. The fraction of sp³-hybridized carbons (Fsp3) is 0.857. The van der Waals surface area contributed by atoms with E-state index in [2.05, 4.69) is 15.5 Å². The smallest absolute Gasteiger partial charge is 0.240 e. The van der Waals surface area contributed by atoms with Crippen molar-refractivity contribution in [3.05, 3.63) is 0 Å². The molecule has 0 amide bonds. The number of hydrogen-bond donors (Lipinski definition) is 1. The predicted octanol–water partition coefficient (Wildman–Crippen LogP) is -0.318. The number of tetrazole rings is 1. The lowest BCUT2D eigenvalue weighted by molar-refractivity contribution is 0.114. The van der Waals surface area contributed by atoms with E-state index in [1.54, 1.807) is 0 Å². The van der Waals surface area contributed by atoms with Crippen LogP contribution in [0.25, 0.3) is 0 Å². The van der Waals surface area contributed by atoms with Gasteiger partial charge in [-0.3, -0.25) is 0 Å². The molecule has 0 aromatic carbocycles. The highest BCUT2D eigenvalue weighted by Gasteiger charge is 2.20. The summed E-state index contributed by atoms with van der Waals surface area (Å²) in [7, 11) is 0. The molecule has 1 aromatic heterocycles. The van der Waals surface area contributed by atoms with Crippen molar-refractivity contribution >= 4 is 5.95 Å². The topological polar surface area (TPSA) is 78.9 Å². The van der Waals surface area contributed by atoms with E-state index in [-0.39, 0.29) is 0 Å². The van der Waals surface area contributed by atoms with Crippen LogP contribution in [0.5, 0.6) is 0 Å². The quantitative estimate of drug-likeness (QED) is 0.633. The van der Waals surface area contributed by atoms with E-state index in [0.29, 0.717) is 19.1 Å². The maximum atomic E-state index is 5.47. The van der Waals surface area contributed by atoms with Gasteiger partial charge in [-0.2, -0.15) is 0 Å². The fourth-order valence-electron chi connectivity index (χ4n) is 1.06. The SMILES string of the molecule is Nc1nnnn1CCOCC1CC1. The first kappa shape index (κ1) is 8.43. The average Bonchev–Trinajstić information content (AvgIpc) is 2.86. The van der Waals surface area contributed by atoms with Gasteiger partial charge in [0.2, 0.25) is 5.95 Å². The lowest BCUT2D eigenvalue weighted by atomic mass is 10.5. The van der Waals surface area contributed by atoms with Gasteiger partial charge in [0.15, 0.2) is 0 Å². The van der Waals surface area contributed by atoms with E-state index in [9.17, 15) is 0 Å². The minimum absolute atomic E-state index is 0.343. The highest BCUT2D eigenvalue weighted by atomic mass is 16.5. The molecule has 0 spiro atoms. The Morgan fingerprint density at radius 2 is 2.38 bits per heavy atom. The van der Waals surface area contributed by atoms with Crippen molar-refractivity contribution in [1.29, 1.82) is 0 Å². The number of ether oxygens (including phenoxy) is 1. The maximum Gasteiger partial charge on any atom is 0.240 e. The molecular weight excluding hydrogens is 170 g/mol. The van der Waals surface area contributed by atoms with Crippen molar-refractivity contribution < 1.29 is 4.74 Å². The molecule has 6 nitrogen and oxygen atoms in total. The third-order valence-electron chi connectivity index (χ3n) is 2.06. The number of anilines is 1. The summed E-state index contributed by atoms with van der Waals surface area (Å²) >= 11 is 0. The van der Waals surface area contributed by atoms with Crippen LogP contribution in [0.4, 0.5) is 5.95 Å². The molecule has 0 atom stereocenters. The molecule has 2 N–H and O–H groups in total. The number of aromatic nitrogens is 4. The summed E-state index contributed by atoms with van der Waals surface area (Å²) in [6.07, 6.45) is 2.63. The van der Waals surface area contributed by atoms with E-state index in [4.69, 9.17) is 10.5 Å². The molecule has 1 fully saturated rings. The zero-order chi connectivity index (χ0) is 9.10. The van der Waals surface area contributed by atoms with Crippen LogP contribution in [0.1, 0.15) is 12.8 Å². The second-order valence-electron chi connectivity index (χ2n) is 3.28. The normalized spacial score (nSPS) is 16.3. The van der Waals surface area contributed by atoms with Gasteiger partial charge in [-0.1, -0.05) is 5.10 Å². The first-order chi connectivity index (χ1) is 6.36. The van der Waals surface area contributed by atoms with E-state index in [0.717, 1.165) is 12.5 Å². The third-order valence-corrected chi connectivity index (χ3v) is 2.06. The Balaban J connectivity index is 1.64. The number of nitrogens with two attached hydrogens (primary N) is 1. The van der Waals surface area contributed by atoms with Gasteiger partial charge >= 0.3 is 0 Å². The minimum atomic E-state index is 0.343. The van der Waals surface area contributed by atoms with Crippen molar-refractivity contribution in [2.45, 2.75) is 19.4 Å². The van der Waals surface area contributed by atoms with Gasteiger partial charge in [0.1, 0.15) is 0 Å². The zero-order valence-corrected chi connectivity index (χ0v) is 7.39. The third kappa shape index (κ3) is 2.38. The van der Waals surface area contributed by atoms with Gasteiger partial charge in [-0.25, -0.2) is 4.68 Å². The molecule has 0 radical (unpaired) electrons. The highest BCUT2D eigenvalue weighted by Crippen LogP contribution is 2.28. The zero-order valence-electron chi connectivity index (χ0n) is 7.39. The van der Waals surface area contributed by atoms with E-state index >= 15 is 0 Å². The Hall–Kier alpha value is -1.17. The molecule has 2 rings (SSSR count). The molecule has 0 saturated heterocycles. The van der Waals surface area contributed by atoms with E-state index < -0.39 is 0 Å². The second-order valence-corrected chi connectivity index (χ2v) is 3.28. The summed E-state index contributed by atoms with van der Waals surface area (Å²) < 4.78 is 6.95. The first-order valence-electron chi connectivity index (χ1n) is 4.45. The highest BCUT2D eigenvalue weighted by molar-refractivity contribution is 5.09. The summed E-state index contributed by atoms with van der Waals surface area (Å²) in [5.74, 6) is 1.14. The van der Waals surface area contributed by atoms with Crippen molar-refractivity contribution in [2.75, 3.05) is 18.9 Å². The summed E-state index contributed by atoms with van der Waals surface area (Å²) in [5, 5.41) is 10.7. The van der Waals surface area contributed by atoms with E-state index in [1.807, 2.05) is 0 Å². The van der Waals surface area contributed by atoms with E-state index in [1.165, 1.54) is 17.5 Å². The van der Waals surface area contributed by atoms with Crippen molar-refractivity contribution in [2.24, 2.45) is 5.92 Å². The summed E-state index contributed by atoms with van der Waals surface area (Å²) in [5.41, 5.74) is 5.47. The van der Waals surface area contributed by atoms with Crippen LogP contribution in [-0.4, -0.2) is 33.4 Å². The van der Waals surface area contributed by atoms with Crippen molar-refractivity contribution in [3.8, 4) is 0 Å². The van der Waals surface area contributed by atoms with Gasteiger partial charge in [0.25, 0.3) is 0 Å². The predicted molar refractivity (Wildman–Crippen MR) is 45.8 cm³/mol. The Morgan fingerprint density at radius 1 is 1.54 bits per heavy atom. The molecule has 1 aliphatic rings. The van der Waals surface area contributed by atoms with Crippen LogP contribution in [0.15, 0.2) is 0 Å². The molecule has 1 aromatic rings. The van der Waals surface area contributed by atoms with Crippen molar-refractivity contribution in [1.82, 2.24) is 20.2 Å². The van der Waals surface area contributed by atoms with Gasteiger partial charge in [0.05, 0.1) is 13.2 Å². The lowest BCUT2D eigenvalue weighted by Crippen LogP contribution is -2.11. The Kier molecular flexibility index (Phi) is 2.40. The molecule has 6 heteroatoms. The summed E-state index contributed by atoms with van der Waals surface area (Å²) in [4.78, 5) is 0. The molecular formula is C7H13N5O. The fourth-order valence-corrected chi connectivity index (χ4v) is 1.06. The largest absolute Gasteiger partial charge is 0.379 e. The monoisotopic (exact) mass is 183 g/mol. The molecule has 13 heavy (non-hydrogen) atoms. The lowest BCUT2D eigenvalue weighted by Gasteiger charge is -2.02. The maximum absolute atomic E-state index is 5.47. The molecule has 1 heterocycles. The second kappa shape index (κ2) is 3.69. The molecule has 1 saturated carbocycles. The summed E-state index contributed by atoms with van der Waals surface area (Å²) in [6, 6.07) is 0. The average molecular weight is 183 g/mol. The molecule has 0 aliphatic heterocycles. The minimum Gasteiger partial charge on any atom is -0.379 e. The molecule has 0 bridgehead atoms. The van der Waals surface area contributed by atoms with Gasteiger partial charge in [-0.05, 0) is 29.2 Å². The Bertz CT molecular complexity index is 270. The molecule has 72 valence electrons.